The van der Waals surface area contributed by atoms with Gasteiger partial charge in [-0.05, 0) is 42.3 Å². The number of carbonyl (C=O) groups is 1. The number of benzene rings is 2. The number of nitrogens with zero attached hydrogens (tertiary/aromatic N) is 4. The maximum atomic E-state index is 12.9. The van der Waals surface area contributed by atoms with Gasteiger partial charge in [0.2, 0.25) is 5.91 Å². The predicted octanol–water partition coefficient (Wildman–Crippen LogP) is 4.35. The fourth-order valence-corrected chi connectivity index (χ4v) is 6.12. The molecule has 0 radical (unpaired) electrons. The van der Waals surface area contributed by atoms with Gasteiger partial charge in [-0.3, -0.25) is 9.10 Å². The van der Waals surface area contributed by atoms with Crippen LogP contribution in [0.2, 0.25) is 5.02 Å². The first-order valence-corrected chi connectivity index (χ1v) is 12.8. The number of anilines is 2. The number of fused-ring (bicyclic) bond motifs is 3. The summed E-state index contributed by atoms with van der Waals surface area (Å²) in [6, 6.07) is 13.0. The molecule has 0 unspecified atom stereocenters. The molecule has 2 aliphatic rings. The minimum Gasteiger partial charge on any atom is -0.312 e. The molecule has 0 N–H and O–H groups in total. The van der Waals surface area contributed by atoms with E-state index in [-0.39, 0.29) is 10.8 Å². The molecule has 0 spiro atoms. The number of sulfonamides is 1. The summed E-state index contributed by atoms with van der Waals surface area (Å²) in [6.45, 7) is 0.765. The van der Waals surface area contributed by atoms with Crippen molar-refractivity contribution in [1.82, 2.24) is 9.97 Å². The number of thioether (sulfide) groups is 1. The number of carbonyl (C=O) groups excluding carboxylic acids is 1. The third-order valence-corrected chi connectivity index (χ3v) is 8.56. The first-order valence-electron chi connectivity index (χ1n) is 10.0. The summed E-state index contributed by atoms with van der Waals surface area (Å²) in [6.07, 6.45) is 2.87. The Morgan fingerprint density at radius 3 is 2.66 bits per heavy atom. The van der Waals surface area contributed by atoms with Crippen molar-refractivity contribution in [3.05, 3.63) is 59.2 Å². The fourth-order valence-electron chi connectivity index (χ4n) is 3.89. The Balaban J connectivity index is 1.39. The molecule has 32 heavy (non-hydrogen) atoms. The highest BCUT2D eigenvalue weighted by molar-refractivity contribution is 7.98. The number of aromatic nitrogens is 2. The van der Waals surface area contributed by atoms with E-state index in [0.717, 1.165) is 24.2 Å². The monoisotopic (exact) mass is 486 g/mol. The summed E-state index contributed by atoms with van der Waals surface area (Å²) >= 11 is 7.52. The second kappa shape index (κ2) is 8.06. The number of hydrogen-bond acceptors (Lipinski definition) is 6. The molecule has 164 valence electrons. The highest BCUT2D eigenvalue weighted by Gasteiger charge is 2.34. The summed E-state index contributed by atoms with van der Waals surface area (Å²) in [7, 11) is -2.25. The van der Waals surface area contributed by atoms with Crippen molar-refractivity contribution in [2.24, 2.45) is 0 Å². The average Bonchev–Trinajstić information content (AvgIpc) is 3.22. The van der Waals surface area contributed by atoms with Crippen molar-refractivity contribution in [2.75, 3.05) is 22.8 Å². The molecule has 7 nitrogen and oxygen atoms in total. The maximum absolute atomic E-state index is 12.9. The van der Waals surface area contributed by atoms with Gasteiger partial charge in [0, 0.05) is 42.0 Å². The molecular formula is C22H19ClN4O3S2. The number of amides is 1. The molecule has 5 rings (SSSR count). The molecule has 3 heterocycles. The van der Waals surface area contributed by atoms with E-state index < -0.39 is 10.0 Å². The zero-order chi connectivity index (χ0) is 22.5. The molecule has 1 amide bonds. The van der Waals surface area contributed by atoms with Crippen molar-refractivity contribution in [2.45, 2.75) is 28.6 Å². The molecular weight excluding hydrogens is 468 g/mol. The van der Waals surface area contributed by atoms with Gasteiger partial charge < -0.3 is 4.90 Å². The van der Waals surface area contributed by atoms with E-state index >= 15 is 0 Å². The van der Waals surface area contributed by atoms with E-state index in [1.54, 1.807) is 18.2 Å². The summed E-state index contributed by atoms with van der Waals surface area (Å²) in [5, 5.41) is 0.945. The van der Waals surface area contributed by atoms with Gasteiger partial charge in [0.05, 0.1) is 17.6 Å². The molecule has 0 bridgehead atoms. The zero-order valence-corrected chi connectivity index (χ0v) is 19.5. The Labute approximate surface area is 195 Å². The smallest absolute Gasteiger partial charge is 0.267 e. The molecule has 1 fully saturated rings. The lowest BCUT2D eigenvalue weighted by Gasteiger charge is -2.28. The van der Waals surface area contributed by atoms with Gasteiger partial charge in [0.1, 0.15) is 4.90 Å². The lowest BCUT2D eigenvalue weighted by molar-refractivity contribution is -0.117. The van der Waals surface area contributed by atoms with Crippen LogP contribution < -0.4 is 9.21 Å². The standard InChI is InChI=1S/C22H19ClN4O3S2/c1-26-18-11-15(23)6-9-17(18)21-19(32(26,29)30)12-24-22(25-21)31-13-14-4-7-16(8-5-14)27-10-2-3-20(27)28/h4-9,11-12H,2-3,10,13H2,1H3. The predicted molar refractivity (Wildman–Crippen MR) is 126 cm³/mol. The summed E-state index contributed by atoms with van der Waals surface area (Å²) in [4.78, 5) is 22.7. The van der Waals surface area contributed by atoms with Crippen LogP contribution in [0.4, 0.5) is 11.4 Å². The normalized spacial score (nSPS) is 16.8. The quantitative estimate of drug-likeness (QED) is 0.402. The molecule has 0 aliphatic carbocycles. The second-order valence-electron chi connectivity index (χ2n) is 7.60. The van der Waals surface area contributed by atoms with Gasteiger partial charge in [-0.25, -0.2) is 18.4 Å². The van der Waals surface area contributed by atoms with Crippen LogP contribution in [0.5, 0.6) is 0 Å². The van der Waals surface area contributed by atoms with Crippen LogP contribution in [0.25, 0.3) is 11.3 Å². The first-order chi connectivity index (χ1) is 15.3. The van der Waals surface area contributed by atoms with Crippen LogP contribution in [0.15, 0.2) is 58.7 Å². The Hall–Kier alpha value is -2.62. The van der Waals surface area contributed by atoms with Crippen molar-refractivity contribution < 1.29 is 13.2 Å². The number of rotatable bonds is 4. The van der Waals surface area contributed by atoms with Gasteiger partial charge in [-0.2, -0.15) is 0 Å². The molecule has 0 atom stereocenters. The van der Waals surface area contributed by atoms with Crippen molar-refractivity contribution >= 4 is 50.7 Å². The highest BCUT2D eigenvalue weighted by Crippen LogP contribution is 2.42. The summed E-state index contributed by atoms with van der Waals surface area (Å²) in [5.41, 5.74) is 3.55. The summed E-state index contributed by atoms with van der Waals surface area (Å²) < 4.78 is 27.0. The first kappa shape index (κ1) is 21.2. The fraction of sp³-hybridized carbons (Fsp3) is 0.227. The van der Waals surface area contributed by atoms with Crippen LogP contribution >= 0.6 is 23.4 Å². The molecule has 3 aromatic rings. The Morgan fingerprint density at radius 1 is 1.16 bits per heavy atom. The van der Waals surface area contributed by atoms with Gasteiger partial charge in [-0.1, -0.05) is 35.5 Å². The molecule has 1 aromatic heterocycles. The van der Waals surface area contributed by atoms with Crippen LogP contribution in [0.3, 0.4) is 0 Å². The third kappa shape index (κ3) is 3.64. The van der Waals surface area contributed by atoms with Crippen molar-refractivity contribution in [3.8, 4) is 11.3 Å². The van der Waals surface area contributed by atoms with E-state index in [0.29, 0.717) is 39.3 Å². The molecule has 1 saturated heterocycles. The number of halogens is 1. The van der Waals surface area contributed by atoms with Crippen LogP contribution in [0.1, 0.15) is 18.4 Å². The molecule has 2 aromatic carbocycles. The lowest BCUT2D eigenvalue weighted by Crippen LogP contribution is -2.31. The molecule has 10 heteroatoms. The van der Waals surface area contributed by atoms with Gasteiger partial charge in [0.15, 0.2) is 5.16 Å². The Bertz CT molecular complexity index is 1330. The topological polar surface area (TPSA) is 83.5 Å². The van der Waals surface area contributed by atoms with E-state index in [1.165, 1.54) is 29.3 Å². The van der Waals surface area contributed by atoms with E-state index in [2.05, 4.69) is 9.97 Å². The minimum absolute atomic E-state index is 0.0822. The molecule has 2 aliphatic heterocycles. The van der Waals surface area contributed by atoms with Crippen LogP contribution in [0, 0.1) is 0 Å². The zero-order valence-electron chi connectivity index (χ0n) is 17.2. The summed E-state index contributed by atoms with van der Waals surface area (Å²) in [5.74, 6) is 0.782. The Morgan fingerprint density at radius 2 is 1.94 bits per heavy atom. The van der Waals surface area contributed by atoms with E-state index in [1.807, 2.05) is 29.2 Å². The Kier molecular flexibility index (Phi) is 5.35. The average molecular weight is 487 g/mol. The minimum atomic E-state index is -3.74. The van der Waals surface area contributed by atoms with Crippen LogP contribution in [-0.2, 0) is 20.6 Å². The SMILES string of the molecule is CN1c2cc(Cl)ccc2-c2nc(SCc3ccc(N4CCCC4=O)cc3)ncc2S1(=O)=O. The largest absolute Gasteiger partial charge is 0.312 e. The maximum Gasteiger partial charge on any atom is 0.267 e. The van der Waals surface area contributed by atoms with E-state index in [4.69, 9.17) is 11.6 Å². The van der Waals surface area contributed by atoms with Gasteiger partial charge in [-0.15, -0.1) is 0 Å². The van der Waals surface area contributed by atoms with Crippen molar-refractivity contribution in [1.29, 1.82) is 0 Å². The molecule has 0 saturated carbocycles. The van der Waals surface area contributed by atoms with Crippen molar-refractivity contribution in [3.63, 3.8) is 0 Å². The number of hydrogen-bond donors (Lipinski definition) is 0. The highest BCUT2D eigenvalue weighted by atomic mass is 35.5. The van der Waals surface area contributed by atoms with E-state index in [9.17, 15) is 13.2 Å². The van der Waals surface area contributed by atoms with Crippen LogP contribution in [-0.4, -0.2) is 37.9 Å². The third-order valence-electron chi connectivity index (χ3n) is 5.62. The van der Waals surface area contributed by atoms with Gasteiger partial charge >= 0.3 is 0 Å². The lowest BCUT2D eigenvalue weighted by atomic mass is 10.1. The van der Waals surface area contributed by atoms with Gasteiger partial charge in [0.25, 0.3) is 10.0 Å². The second-order valence-corrected chi connectivity index (χ2v) is 10.9.